The van der Waals surface area contributed by atoms with Gasteiger partial charge in [0.05, 0.1) is 66.1 Å². The Morgan fingerprint density at radius 3 is 0.362 bits per heavy atom. The minimum Gasteiger partial charge on any atom is -0.394 e. The van der Waals surface area contributed by atoms with Crippen LogP contribution in [0.25, 0.3) is 0 Å². The predicted molar refractivity (Wildman–Crippen MR) is 155 cm³/mol. The van der Waals surface area contributed by atoms with Crippen LogP contribution in [0.4, 0.5) is 0 Å². The second-order valence-corrected chi connectivity index (χ2v) is 9.75. The van der Waals surface area contributed by atoms with Crippen molar-refractivity contribution in [3.8, 4) is 0 Å². The van der Waals surface area contributed by atoms with E-state index in [0.717, 1.165) is 0 Å². The minimum atomic E-state index is -2.61. The molecule has 0 fully saturated rings. The van der Waals surface area contributed by atoms with Crippen LogP contribution in [0.15, 0.2) is 0 Å². The zero-order valence-corrected chi connectivity index (χ0v) is 26.7. The van der Waals surface area contributed by atoms with Crippen LogP contribution in [-0.4, -0.2) is 249 Å². The van der Waals surface area contributed by atoms with Crippen molar-refractivity contribution in [3.05, 3.63) is 0 Å². The molecule has 0 radical (unpaired) electrons. The first-order chi connectivity index (χ1) is 21.7. The fraction of sp³-hybridized carbons (Fsp3) is 1.00. The van der Waals surface area contributed by atoms with Gasteiger partial charge in [-0.3, -0.25) is 0 Å². The summed E-state index contributed by atoms with van der Waals surface area (Å²) in [6.07, 6.45) is -12.2. The van der Waals surface area contributed by atoms with Crippen LogP contribution in [0.1, 0.15) is 0 Å². The zero-order valence-electron chi connectivity index (χ0n) is 24.9. The first kappa shape index (κ1) is 59.0. The van der Waals surface area contributed by atoms with Crippen LogP contribution in [0.5, 0.6) is 0 Å². The number of hydrogen-bond donors (Lipinski definition) is 24. The van der Waals surface area contributed by atoms with Crippen molar-refractivity contribution in [2.24, 2.45) is 0 Å². The molecule has 0 aromatic rings. The van der Waals surface area contributed by atoms with Crippen LogP contribution in [0, 0.1) is 0 Å². The third-order valence-corrected chi connectivity index (χ3v) is 5.41. The Bertz CT molecular complexity index is 436. The highest BCUT2D eigenvalue weighted by molar-refractivity contribution is 7.53. The van der Waals surface area contributed by atoms with Crippen molar-refractivity contribution in [1.29, 1.82) is 0 Å². The van der Waals surface area contributed by atoms with Crippen LogP contribution < -0.4 is 0 Å². The molecule has 0 aliphatic rings. The van der Waals surface area contributed by atoms with Crippen molar-refractivity contribution in [2.75, 3.05) is 66.1 Å². The lowest BCUT2D eigenvalue weighted by Crippen LogP contribution is -2.31. The van der Waals surface area contributed by atoms with E-state index in [1.54, 1.807) is 0 Å². The van der Waals surface area contributed by atoms with Crippen LogP contribution in [0.3, 0.4) is 0 Å². The Labute approximate surface area is 270 Å². The maximum absolute atomic E-state index is 8.47. The lowest BCUT2D eigenvalue weighted by molar-refractivity contribution is -0.0388. The van der Waals surface area contributed by atoms with E-state index >= 15 is 0 Å². The highest BCUT2D eigenvalue weighted by Gasteiger charge is 2.14. The van der Waals surface area contributed by atoms with E-state index in [1.807, 2.05) is 0 Å². The fourth-order valence-corrected chi connectivity index (χ4v) is 1.80. The molecule has 0 aromatic carbocycles. The molecule has 27 heteroatoms. The molecule has 0 aliphatic heterocycles. The van der Waals surface area contributed by atoms with E-state index in [-0.39, 0.29) is 0 Å². The summed E-state index contributed by atoms with van der Waals surface area (Å²) in [5.41, 5.74) is 0. The minimum absolute atomic E-state index is 0.526. The van der Waals surface area contributed by atoms with Gasteiger partial charge in [-0.2, -0.15) is 0 Å². The summed E-state index contributed by atoms with van der Waals surface area (Å²) in [5, 5.41) is 166. The highest BCUT2D eigenvalue weighted by Crippen LogP contribution is 2.41. The molecule has 47 heavy (non-hydrogen) atoms. The lowest BCUT2D eigenvalue weighted by atomic mass is 10.2. The molecule has 0 saturated carbocycles. The second-order valence-electron chi connectivity index (χ2n) is 8.09. The summed E-state index contributed by atoms with van der Waals surface area (Å²) < 4.78 is 3.60. The molecule has 0 unspecified atom stereocenters. The number of aliphatic hydroxyl groups is 20. The first-order valence-corrected chi connectivity index (χ1v) is 15.0. The molecule has 24 N–H and O–H groups in total. The Morgan fingerprint density at radius 2 is 0.340 bits per heavy atom. The van der Waals surface area contributed by atoms with Crippen LogP contribution in [0.2, 0.25) is 0 Å². The van der Waals surface area contributed by atoms with Gasteiger partial charge in [0, 0.05) is 0 Å². The van der Waals surface area contributed by atoms with Crippen molar-refractivity contribution in [1.82, 2.24) is 0 Å². The number of aliphatic hydroxyl groups excluding tert-OH is 20. The van der Waals surface area contributed by atoms with Crippen molar-refractivity contribution in [2.45, 2.75) is 61.0 Å². The molecule has 0 saturated heterocycles. The molecule has 25 nitrogen and oxygen atoms in total. The monoisotopic (exact) mass is 756 g/mol. The molecular weight excluding hydrogens is 702 g/mol. The van der Waals surface area contributed by atoms with Gasteiger partial charge in [0.1, 0.15) is 61.0 Å². The standard InChI is InChI=1S/5C4H10O4.H4O5P2/c5*5-1-3(7)4(8)2-6;1-6(2)5-7(3)4/h5*3-8H,1-2H2;1-4H/t5*3-,4+;. The van der Waals surface area contributed by atoms with Gasteiger partial charge in [0.15, 0.2) is 0 Å². The summed E-state index contributed by atoms with van der Waals surface area (Å²) in [5.74, 6) is 0. The quantitative estimate of drug-likeness (QED) is 0.0612. The van der Waals surface area contributed by atoms with Gasteiger partial charge in [-0.1, -0.05) is 0 Å². The van der Waals surface area contributed by atoms with E-state index in [0.29, 0.717) is 0 Å². The molecule has 0 aliphatic carbocycles. The van der Waals surface area contributed by atoms with Crippen molar-refractivity contribution in [3.63, 3.8) is 0 Å². The summed E-state index contributed by atoms with van der Waals surface area (Å²) in [4.78, 5) is 31.3. The van der Waals surface area contributed by atoms with Crippen molar-refractivity contribution < 1.29 is 126 Å². The average molecular weight is 757 g/mol. The summed E-state index contributed by atoms with van der Waals surface area (Å²) in [6.45, 7) is -5.26. The van der Waals surface area contributed by atoms with Gasteiger partial charge < -0.3 is 122 Å². The Kier molecular flexibility index (Phi) is 52.8. The third kappa shape index (κ3) is 45.9. The summed E-state index contributed by atoms with van der Waals surface area (Å²) in [7, 11) is -5.22. The topological polar surface area (TPSA) is 495 Å². The summed E-state index contributed by atoms with van der Waals surface area (Å²) in [6, 6.07) is 0. The predicted octanol–water partition coefficient (Wildman–Crippen LogP) is -12.1. The van der Waals surface area contributed by atoms with Crippen molar-refractivity contribution >= 4 is 17.2 Å². The van der Waals surface area contributed by atoms with Gasteiger partial charge in [-0.25, -0.2) is 4.31 Å². The zero-order chi connectivity index (χ0) is 38.7. The third-order valence-electron chi connectivity index (χ3n) is 4.24. The molecule has 10 atom stereocenters. The molecule has 0 aromatic heterocycles. The molecular formula is C20H54O25P2. The van der Waals surface area contributed by atoms with Gasteiger partial charge in [0.2, 0.25) is 0 Å². The molecule has 0 spiro atoms. The van der Waals surface area contributed by atoms with Gasteiger partial charge in [-0.05, 0) is 0 Å². The lowest BCUT2D eigenvalue weighted by Gasteiger charge is -2.10. The van der Waals surface area contributed by atoms with E-state index in [2.05, 4.69) is 4.31 Å². The molecule has 0 rings (SSSR count). The smallest absolute Gasteiger partial charge is 0.334 e. The SMILES string of the molecule is OC[C@@H](O)[C@@H](O)CO.OC[C@@H](O)[C@@H](O)CO.OC[C@@H](O)[C@@H](O)CO.OC[C@@H](O)[C@@H](O)CO.OC[C@@H](O)[C@@H](O)CO.OP(O)OP(O)O. The first-order valence-electron chi connectivity index (χ1n) is 12.7. The molecule has 0 bridgehead atoms. The van der Waals surface area contributed by atoms with Gasteiger partial charge in [0.25, 0.3) is 0 Å². The van der Waals surface area contributed by atoms with E-state index in [9.17, 15) is 0 Å². The number of rotatable bonds is 17. The van der Waals surface area contributed by atoms with E-state index < -0.39 is 144 Å². The maximum atomic E-state index is 8.47. The normalized spacial score (nSPS) is 17.0. The van der Waals surface area contributed by atoms with Crippen LogP contribution in [-0.2, 0) is 4.31 Å². The van der Waals surface area contributed by atoms with Gasteiger partial charge >= 0.3 is 17.2 Å². The van der Waals surface area contributed by atoms with E-state index in [1.165, 1.54) is 0 Å². The fourth-order valence-electron chi connectivity index (χ4n) is 1.28. The average Bonchev–Trinajstić information content (AvgIpc) is 3.08. The Balaban J connectivity index is -0.000000107. The second kappa shape index (κ2) is 42.0. The Morgan fingerprint density at radius 1 is 0.255 bits per heavy atom. The Hall–Kier alpha value is -0.140. The van der Waals surface area contributed by atoms with Gasteiger partial charge in [-0.15, -0.1) is 0 Å². The number of hydrogen-bond acceptors (Lipinski definition) is 25. The highest BCUT2D eigenvalue weighted by atomic mass is 31.2. The molecule has 0 heterocycles. The molecule has 0 amide bonds. The molecule has 294 valence electrons. The maximum Gasteiger partial charge on any atom is 0.334 e. The van der Waals surface area contributed by atoms with E-state index in [4.69, 9.17) is 122 Å². The summed E-state index contributed by atoms with van der Waals surface area (Å²) >= 11 is 0. The largest absolute Gasteiger partial charge is 0.394 e. The van der Waals surface area contributed by atoms with Crippen LogP contribution >= 0.6 is 17.2 Å².